The zero-order valence-corrected chi connectivity index (χ0v) is 15.3. The van der Waals surface area contributed by atoms with Gasteiger partial charge in [0.1, 0.15) is 5.75 Å². The summed E-state index contributed by atoms with van der Waals surface area (Å²) >= 11 is 1.65. The van der Waals surface area contributed by atoms with Gasteiger partial charge < -0.3 is 15.4 Å². The number of piperidine rings is 1. The maximum absolute atomic E-state index is 12.1. The van der Waals surface area contributed by atoms with Gasteiger partial charge in [0.2, 0.25) is 0 Å². The predicted molar refractivity (Wildman–Crippen MR) is 101 cm³/mol. The zero-order chi connectivity index (χ0) is 17.5. The minimum Gasteiger partial charge on any atom is -0.497 e. The van der Waals surface area contributed by atoms with E-state index < -0.39 is 0 Å². The average Bonchev–Trinajstić information content (AvgIpc) is 3.14. The molecular formula is C19H25N3O2S. The van der Waals surface area contributed by atoms with Crippen LogP contribution in [0.4, 0.5) is 4.79 Å². The van der Waals surface area contributed by atoms with Crippen molar-refractivity contribution in [2.75, 3.05) is 20.2 Å². The summed E-state index contributed by atoms with van der Waals surface area (Å²) in [6.45, 7) is 3.41. The third-order valence-corrected chi connectivity index (χ3v) is 5.26. The fraction of sp³-hybridized carbons (Fsp3) is 0.421. The SMILES string of the molecule is COc1cccc(CN2CCCC(NC(=O)NCc3cccs3)C2)c1. The molecule has 6 heteroatoms. The number of ether oxygens (including phenoxy) is 1. The zero-order valence-electron chi connectivity index (χ0n) is 14.5. The monoisotopic (exact) mass is 359 g/mol. The number of rotatable bonds is 6. The number of benzene rings is 1. The molecule has 1 atom stereocenters. The smallest absolute Gasteiger partial charge is 0.315 e. The highest BCUT2D eigenvalue weighted by molar-refractivity contribution is 7.09. The normalized spacial score (nSPS) is 17.9. The molecule has 0 saturated carbocycles. The summed E-state index contributed by atoms with van der Waals surface area (Å²) in [5.74, 6) is 0.886. The molecule has 1 saturated heterocycles. The Hall–Kier alpha value is -2.05. The highest BCUT2D eigenvalue weighted by Crippen LogP contribution is 2.17. The summed E-state index contributed by atoms with van der Waals surface area (Å²) in [4.78, 5) is 15.7. The molecule has 0 radical (unpaired) electrons. The highest BCUT2D eigenvalue weighted by atomic mass is 32.1. The molecule has 0 aliphatic carbocycles. The minimum atomic E-state index is -0.0818. The Kier molecular flexibility index (Phi) is 6.30. The van der Waals surface area contributed by atoms with Gasteiger partial charge in [0.05, 0.1) is 13.7 Å². The number of amides is 2. The van der Waals surface area contributed by atoms with Crippen LogP contribution in [-0.4, -0.2) is 37.2 Å². The second-order valence-electron chi connectivity index (χ2n) is 6.33. The number of hydrogen-bond donors (Lipinski definition) is 2. The third-order valence-electron chi connectivity index (χ3n) is 4.38. The van der Waals surface area contributed by atoms with Crippen LogP contribution in [0.25, 0.3) is 0 Å². The first-order valence-electron chi connectivity index (χ1n) is 8.65. The van der Waals surface area contributed by atoms with Gasteiger partial charge in [-0.05, 0) is 48.5 Å². The van der Waals surface area contributed by atoms with Crippen molar-refractivity contribution in [3.8, 4) is 5.75 Å². The largest absolute Gasteiger partial charge is 0.497 e. The van der Waals surface area contributed by atoms with E-state index in [9.17, 15) is 4.79 Å². The lowest BCUT2D eigenvalue weighted by molar-refractivity contribution is 0.180. The van der Waals surface area contributed by atoms with Gasteiger partial charge in [-0.1, -0.05) is 18.2 Å². The number of hydrogen-bond acceptors (Lipinski definition) is 4. The summed E-state index contributed by atoms with van der Waals surface area (Å²) in [5, 5.41) is 8.07. The summed E-state index contributed by atoms with van der Waals surface area (Å²) < 4.78 is 5.29. The van der Waals surface area contributed by atoms with Crippen molar-refractivity contribution in [2.45, 2.75) is 32.0 Å². The van der Waals surface area contributed by atoms with E-state index in [1.54, 1.807) is 18.4 Å². The maximum Gasteiger partial charge on any atom is 0.315 e. The quantitative estimate of drug-likeness (QED) is 0.833. The standard InChI is InChI=1S/C19H25N3O2S/c1-24-17-7-2-5-15(11-17)13-22-9-3-6-16(14-22)21-19(23)20-12-18-8-4-10-25-18/h2,4-5,7-8,10-11,16H,3,6,9,12-14H2,1H3,(H2,20,21,23). The third kappa shape index (κ3) is 5.47. The molecule has 1 aromatic heterocycles. The van der Waals surface area contributed by atoms with E-state index in [1.165, 1.54) is 10.4 Å². The molecule has 3 rings (SSSR count). The molecule has 2 heterocycles. The number of likely N-dealkylation sites (tertiary alicyclic amines) is 1. The van der Waals surface area contributed by atoms with Crippen molar-refractivity contribution >= 4 is 17.4 Å². The molecule has 1 aliphatic heterocycles. The predicted octanol–water partition coefficient (Wildman–Crippen LogP) is 3.22. The Morgan fingerprint density at radius 2 is 2.28 bits per heavy atom. The Bertz CT molecular complexity index is 675. The number of carbonyl (C=O) groups is 1. The van der Waals surface area contributed by atoms with Gasteiger partial charge in [0.25, 0.3) is 0 Å². The van der Waals surface area contributed by atoms with Crippen LogP contribution in [0.2, 0.25) is 0 Å². The molecule has 0 bridgehead atoms. The molecule has 1 aromatic carbocycles. The second kappa shape index (κ2) is 8.87. The Morgan fingerprint density at radius 3 is 3.08 bits per heavy atom. The van der Waals surface area contributed by atoms with Crippen LogP contribution in [0.5, 0.6) is 5.75 Å². The highest BCUT2D eigenvalue weighted by Gasteiger charge is 2.21. The van der Waals surface area contributed by atoms with Gasteiger partial charge in [0.15, 0.2) is 0 Å². The average molecular weight is 359 g/mol. The van der Waals surface area contributed by atoms with E-state index in [0.717, 1.165) is 38.2 Å². The molecule has 5 nitrogen and oxygen atoms in total. The number of nitrogens with one attached hydrogen (secondary N) is 2. The number of nitrogens with zero attached hydrogens (tertiary/aromatic N) is 1. The van der Waals surface area contributed by atoms with Crippen LogP contribution in [0.3, 0.4) is 0 Å². The Balaban J connectivity index is 1.46. The van der Waals surface area contributed by atoms with Gasteiger partial charge in [-0.3, -0.25) is 4.90 Å². The van der Waals surface area contributed by atoms with E-state index >= 15 is 0 Å². The van der Waals surface area contributed by atoms with Gasteiger partial charge >= 0.3 is 6.03 Å². The molecule has 2 N–H and O–H groups in total. The lowest BCUT2D eigenvalue weighted by Gasteiger charge is -2.33. The van der Waals surface area contributed by atoms with Crippen molar-refractivity contribution in [2.24, 2.45) is 0 Å². The lowest BCUT2D eigenvalue weighted by atomic mass is 10.0. The summed E-state index contributed by atoms with van der Waals surface area (Å²) in [6.07, 6.45) is 2.13. The van der Waals surface area contributed by atoms with E-state index in [1.807, 2.05) is 29.6 Å². The molecule has 25 heavy (non-hydrogen) atoms. The van der Waals surface area contributed by atoms with Crippen molar-refractivity contribution in [1.82, 2.24) is 15.5 Å². The molecular weight excluding hydrogens is 334 g/mol. The van der Waals surface area contributed by atoms with Crippen molar-refractivity contribution in [3.05, 3.63) is 52.2 Å². The fourth-order valence-corrected chi connectivity index (χ4v) is 3.81. The van der Waals surface area contributed by atoms with E-state index in [2.05, 4.69) is 27.7 Å². The Labute approximate surface area is 153 Å². The van der Waals surface area contributed by atoms with Crippen molar-refractivity contribution in [3.63, 3.8) is 0 Å². The molecule has 1 aliphatic rings. The molecule has 1 fully saturated rings. The van der Waals surface area contributed by atoms with Crippen molar-refractivity contribution in [1.29, 1.82) is 0 Å². The number of carbonyl (C=O) groups excluding carboxylic acids is 1. The van der Waals surface area contributed by atoms with E-state index in [0.29, 0.717) is 6.54 Å². The first-order valence-corrected chi connectivity index (χ1v) is 9.53. The Morgan fingerprint density at radius 1 is 1.36 bits per heavy atom. The molecule has 134 valence electrons. The number of thiophene rings is 1. The van der Waals surface area contributed by atoms with Gasteiger partial charge in [-0.15, -0.1) is 11.3 Å². The minimum absolute atomic E-state index is 0.0818. The van der Waals surface area contributed by atoms with E-state index in [-0.39, 0.29) is 12.1 Å². The topological polar surface area (TPSA) is 53.6 Å². The van der Waals surface area contributed by atoms with Crippen LogP contribution >= 0.6 is 11.3 Å². The van der Waals surface area contributed by atoms with Crippen LogP contribution in [0.1, 0.15) is 23.3 Å². The van der Waals surface area contributed by atoms with Crippen LogP contribution < -0.4 is 15.4 Å². The van der Waals surface area contributed by atoms with Crippen molar-refractivity contribution < 1.29 is 9.53 Å². The van der Waals surface area contributed by atoms with Gasteiger partial charge in [-0.2, -0.15) is 0 Å². The molecule has 0 spiro atoms. The lowest BCUT2D eigenvalue weighted by Crippen LogP contribution is -2.50. The van der Waals surface area contributed by atoms with Crippen LogP contribution in [-0.2, 0) is 13.1 Å². The molecule has 2 aromatic rings. The summed E-state index contributed by atoms with van der Waals surface area (Å²) in [7, 11) is 1.69. The van der Waals surface area contributed by atoms with Gasteiger partial charge in [-0.25, -0.2) is 4.79 Å². The number of urea groups is 1. The fourth-order valence-electron chi connectivity index (χ4n) is 3.16. The molecule has 2 amide bonds. The van der Waals surface area contributed by atoms with Crippen LogP contribution in [0.15, 0.2) is 41.8 Å². The summed E-state index contributed by atoms with van der Waals surface area (Å²) in [5.41, 5.74) is 1.24. The van der Waals surface area contributed by atoms with Crippen LogP contribution in [0, 0.1) is 0 Å². The first-order chi connectivity index (χ1) is 12.2. The summed E-state index contributed by atoms with van der Waals surface area (Å²) in [6, 6.07) is 12.3. The second-order valence-corrected chi connectivity index (χ2v) is 7.36. The van der Waals surface area contributed by atoms with E-state index in [4.69, 9.17) is 4.74 Å². The first kappa shape index (κ1) is 17.8. The maximum atomic E-state index is 12.1. The molecule has 1 unspecified atom stereocenters. The van der Waals surface area contributed by atoms with Gasteiger partial charge in [0, 0.05) is 24.0 Å². The number of methoxy groups -OCH3 is 1.